The molecule has 0 heterocycles. The third-order valence-electron chi connectivity index (χ3n) is 1.27. The second-order valence-corrected chi connectivity index (χ2v) is 3.50. The van der Waals surface area contributed by atoms with Crippen molar-refractivity contribution in [2.24, 2.45) is 0 Å². The SMILES string of the molecule is CCC[P-]c1ccccc1. The largest absolute Gasteiger partial charge is 0.506 e. The van der Waals surface area contributed by atoms with Crippen LogP contribution in [0.4, 0.5) is 0 Å². The lowest BCUT2D eigenvalue weighted by atomic mass is 10.4. The molecule has 0 aliphatic heterocycles. The Morgan fingerprint density at radius 2 is 1.90 bits per heavy atom. The highest BCUT2D eigenvalue weighted by Gasteiger charge is 1.72. The smallest absolute Gasteiger partial charge is 0.0624 e. The highest BCUT2D eigenvalue weighted by atomic mass is 31.1. The zero-order valence-electron chi connectivity index (χ0n) is 6.25. The van der Waals surface area contributed by atoms with Crippen molar-refractivity contribution in [3.8, 4) is 0 Å². The van der Waals surface area contributed by atoms with Gasteiger partial charge in [0.05, 0.1) is 0 Å². The van der Waals surface area contributed by atoms with Crippen molar-refractivity contribution in [3.05, 3.63) is 30.3 Å². The second kappa shape index (κ2) is 4.46. The van der Waals surface area contributed by atoms with Crippen LogP contribution < -0.4 is 5.30 Å². The van der Waals surface area contributed by atoms with E-state index in [4.69, 9.17) is 0 Å². The van der Waals surface area contributed by atoms with Gasteiger partial charge in [0.2, 0.25) is 0 Å². The fourth-order valence-corrected chi connectivity index (χ4v) is 1.64. The molecule has 0 aliphatic rings. The van der Waals surface area contributed by atoms with Gasteiger partial charge in [-0.15, -0.1) is 0 Å². The zero-order chi connectivity index (χ0) is 7.23. The lowest BCUT2D eigenvalue weighted by Gasteiger charge is -2.15. The molecule has 0 aliphatic carbocycles. The third-order valence-corrected chi connectivity index (χ3v) is 2.61. The van der Waals surface area contributed by atoms with Gasteiger partial charge in [0.1, 0.15) is 0 Å². The summed E-state index contributed by atoms with van der Waals surface area (Å²) in [5.41, 5.74) is 0. The van der Waals surface area contributed by atoms with Crippen LogP contribution >= 0.6 is 8.58 Å². The van der Waals surface area contributed by atoms with Crippen LogP contribution in [0.3, 0.4) is 0 Å². The monoisotopic (exact) mass is 151 g/mol. The number of rotatable bonds is 3. The topological polar surface area (TPSA) is 0 Å². The minimum absolute atomic E-state index is 1.27. The van der Waals surface area contributed by atoms with Gasteiger partial charge in [-0.05, 0) is 0 Å². The molecule has 1 heteroatoms. The summed E-state index contributed by atoms with van der Waals surface area (Å²) in [6.45, 7) is 2.22. The van der Waals surface area contributed by atoms with Gasteiger partial charge in [0, 0.05) is 0 Å². The first-order valence-corrected chi connectivity index (χ1v) is 4.74. The van der Waals surface area contributed by atoms with Crippen molar-refractivity contribution in [1.29, 1.82) is 0 Å². The van der Waals surface area contributed by atoms with Gasteiger partial charge in [0.25, 0.3) is 0 Å². The summed E-state index contributed by atoms with van der Waals surface area (Å²) in [4.78, 5) is 0. The van der Waals surface area contributed by atoms with E-state index in [1.807, 2.05) is 0 Å². The van der Waals surface area contributed by atoms with E-state index in [1.165, 1.54) is 26.5 Å². The molecular formula is C9H12P-. The van der Waals surface area contributed by atoms with E-state index in [0.29, 0.717) is 0 Å². The van der Waals surface area contributed by atoms with Crippen LogP contribution in [0.2, 0.25) is 0 Å². The van der Waals surface area contributed by atoms with Gasteiger partial charge in [-0.25, -0.2) is 5.30 Å². The van der Waals surface area contributed by atoms with Crippen molar-refractivity contribution < 1.29 is 0 Å². The van der Waals surface area contributed by atoms with Crippen LogP contribution in [-0.4, -0.2) is 6.16 Å². The lowest BCUT2D eigenvalue weighted by molar-refractivity contribution is 1.10. The molecule has 0 N–H and O–H groups in total. The fraction of sp³-hybridized carbons (Fsp3) is 0.333. The summed E-state index contributed by atoms with van der Waals surface area (Å²) < 4.78 is 0. The van der Waals surface area contributed by atoms with E-state index in [1.54, 1.807) is 0 Å². The van der Waals surface area contributed by atoms with E-state index in [2.05, 4.69) is 37.3 Å². The highest BCUT2D eigenvalue weighted by molar-refractivity contribution is 7.47. The maximum atomic E-state index is 2.22. The Labute approximate surface area is 64.4 Å². The van der Waals surface area contributed by atoms with Crippen molar-refractivity contribution in [2.75, 3.05) is 6.16 Å². The van der Waals surface area contributed by atoms with Gasteiger partial charge in [-0.1, -0.05) is 43.7 Å². The van der Waals surface area contributed by atoms with E-state index in [-0.39, 0.29) is 0 Å². The molecule has 54 valence electrons. The molecule has 0 amide bonds. The van der Waals surface area contributed by atoms with Gasteiger partial charge < -0.3 is 8.58 Å². The molecule has 0 atom stereocenters. The first-order chi connectivity index (χ1) is 4.93. The molecule has 1 aromatic rings. The van der Waals surface area contributed by atoms with Crippen LogP contribution in [0.15, 0.2) is 30.3 Å². The molecule has 10 heavy (non-hydrogen) atoms. The van der Waals surface area contributed by atoms with Crippen molar-refractivity contribution in [3.63, 3.8) is 0 Å². The van der Waals surface area contributed by atoms with Crippen LogP contribution in [0.25, 0.3) is 0 Å². The molecule has 0 fully saturated rings. The molecule has 1 rings (SSSR count). The zero-order valence-corrected chi connectivity index (χ0v) is 7.14. The van der Waals surface area contributed by atoms with Crippen molar-refractivity contribution >= 4 is 13.9 Å². The molecular weight excluding hydrogens is 139 g/mol. The van der Waals surface area contributed by atoms with E-state index in [0.717, 1.165) is 0 Å². The molecule has 0 saturated carbocycles. The Balaban J connectivity index is 2.43. The number of hydrogen-bond donors (Lipinski definition) is 0. The summed E-state index contributed by atoms with van der Waals surface area (Å²) in [6.07, 6.45) is 2.56. The molecule has 0 saturated heterocycles. The van der Waals surface area contributed by atoms with Crippen molar-refractivity contribution in [1.82, 2.24) is 0 Å². The molecule has 0 spiro atoms. The summed E-state index contributed by atoms with van der Waals surface area (Å²) >= 11 is 0. The molecule has 0 bridgehead atoms. The Morgan fingerprint density at radius 1 is 1.20 bits per heavy atom. The summed E-state index contributed by atoms with van der Waals surface area (Å²) in [5, 5.41) is 1.43. The minimum Gasteiger partial charge on any atom is -0.506 e. The molecule has 1 aromatic carbocycles. The summed E-state index contributed by atoms with van der Waals surface area (Å²) in [6, 6.07) is 10.6. The Hall–Kier alpha value is -0.350. The van der Waals surface area contributed by atoms with E-state index >= 15 is 0 Å². The number of hydrogen-bond acceptors (Lipinski definition) is 0. The maximum Gasteiger partial charge on any atom is -0.0624 e. The molecule has 0 unspecified atom stereocenters. The highest BCUT2D eigenvalue weighted by Crippen LogP contribution is 2.09. The quantitative estimate of drug-likeness (QED) is 0.582. The normalized spacial score (nSPS) is 10.9. The predicted octanol–water partition coefficient (Wildman–Crippen LogP) is 2.67. The van der Waals surface area contributed by atoms with Crippen molar-refractivity contribution in [2.45, 2.75) is 13.3 Å². The number of benzene rings is 1. The van der Waals surface area contributed by atoms with Gasteiger partial charge in [0.15, 0.2) is 0 Å². The average molecular weight is 151 g/mol. The van der Waals surface area contributed by atoms with Gasteiger partial charge in [-0.2, -0.15) is 6.16 Å². The van der Waals surface area contributed by atoms with Crippen LogP contribution in [-0.2, 0) is 0 Å². The van der Waals surface area contributed by atoms with Gasteiger partial charge in [-0.3, -0.25) is 0 Å². The predicted molar refractivity (Wildman–Crippen MR) is 48.2 cm³/mol. The van der Waals surface area contributed by atoms with Gasteiger partial charge >= 0.3 is 0 Å². The summed E-state index contributed by atoms with van der Waals surface area (Å²) in [5.74, 6) is 0. The minimum atomic E-state index is 1.27. The second-order valence-electron chi connectivity index (χ2n) is 2.22. The Bertz CT molecular complexity index is 169. The molecule has 0 nitrogen and oxygen atoms in total. The fourth-order valence-electron chi connectivity index (χ4n) is 0.774. The first-order valence-electron chi connectivity index (χ1n) is 3.66. The maximum absolute atomic E-state index is 2.22. The standard InChI is InChI=1S/C9H12P/c1-2-8-10-9-6-4-3-5-7-9/h3-7H,2,8H2,1H3/q-1. The third kappa shape index (κ3) is 2.49. The molecule has 0 radical (unpaired) electrons. The van der Waals surface area contributed by atoms with E-state index < -0.39 is 0 Å². The van der Waals surface area contributed by atoms with E-state index in [9.17, 15) is 0 Å². The van der Waals surface area contributed by atoms with Crippen LogP contribution in [0.1, 0.15) is 13.3 Å². The van der Waals surface area contributed by atoms with Crippen LogP contribution in [0.5, 0.6) is 0 Å². The first kappa shape index (κ1) is 7.75. The average Bonchev–Trinajstić information content (AvgIpc) is 2.03. The Morgan fingerprint density at radius 3 is 2.50 bits per heavy atom. The van der Waals surface area contributed by atoms with Crippen LogP contribution in [0, 0.1) is 0 Å². The summed E-state index contributed by atoms with van der Waals surface area (Å²) in [7, 11) is 1.46. The Kier molecular flexibility index (Phi) is 3.46. The lowest BCUT2D eigenvalue weighted by Crippen LogP contribution is -1.91. The molecule has 0 aromatic heterocycles.